The molecule has 6 nitrogen and oxygen atoms in total. The summed E-state index contributed by atoms with van der Waals surface area (Å²) < 4.78 is 11.8. The van der Waals surface area contributed by atoms with Crippen LogP contribution in [0.3, 0.4) is 0 Å². The SMILES string of the molecule is CC[C@@H](Oc1cccc(CN(CCCCc2ccc(C)cc2)c2nc3ccccc3o2)c1)C(=O)O. The average molecular weight is 473 g/mol. The molecule has 0 unspecified atom stereocenters. The highest BCUT2D eigenvalue weighted by molar-refractivity contribution is 5.74. The monoisotopic (exact) mass is 472 g/mol. The standard InChI is InChI=1S/C29H32N2O4/c1-3-26(28(32)33)34-24-11-8-10-23(19-24)20-31(29-30-25-12-4-5-13-27(25)35-29)18-7-6-9-22-16-14-21(2)15-17-22/h4-5,8,10-17,19,26H,3,6-7,9,18,20H2,1-2H3,(H,32,33)/t26-/m1/s1. The van der Waals surface area contributed by atoms with E-state index in [1.807, 2.05) is 42.5 Å². The van der Waals surface area contributed by atoms with E-state index >= 15 is 0 Å². The van der Waals surface area contributed by atoms with Crippen molar-refractivity contribution >= 4 is 23.1 Å². The molecule has 1 atom stereocenters. The summed E-state index contributed by atoms with van der Waals surface area (Å²) in [4.78, 5) is 18.2. The third-order valence-electron chi connectivity index (χ3n) is 6.01. The van der Waals surface area contributed by atoms with E-state index in [-0.39, 0.29) is 0 Å². The normalized spacial score (nSPS) is 11.9. The molecule has 4 rings (SSSR count). The first-order chi connectivity index (χ1) is 17.0. The molecule has 0 amide bonds. The van der Waals surface area contributed by atoms with Crippen molar-refractivity contribution < 1.29 is 19.1 Å². The summed E-state index contributed by atoms with van der Waals surface area (Å²) in [6.45, 7) is 5.27. The lowest BCUT2D eigenvalue weighted by Gasteiger charge is -2.21. The molecule has 0 aliphatic rings. The van der Waals surface area contributed by atoms with Gasteiger partial charge in [-0.1, -0.05) is 61.0 Å². The van der Waals surface area contributed by atoms with Crippen molar-refractivity contribution in [1.29, 1.82) is 0 Å². The summed E-state index contributed by atoms with van der Waals surface area (Å²) in [5, 5.41) is 9.33. The van der Waals surface area contributed by atoms with Gasteiger partial charge in [0.05, 0.1) is 0 Å². The number of carbonyl (C=O) groups is 1. The first-order valence-corrected chi connectivity index (χ1v) is 12.2. The van der Waals surface area contributed by atoms with Crippen LogP contribution in [-0.4, -0.2) is 28.7 Å². The van der Waals surface area contributed by atoms with E-state index in [0.717, 1.165) is 42.5 Å². The minimum absolute atomic E-state index is 0.398. The first kappa shape index (κ1) is 24.3. The van der Waals surface area contributed by atoms with E-state index in [4.69, 9.17) is 14.1 Å². The van der Waals surface area contributed by atoms with E-state index in [9.17, 15) is 9.90 Å². The van der Waals surface area contributed by atoms with Crippen molar-refractivity contribution in [2.24, 2.45) is 0 Å². The molecular weight excluding hydrogens is 440 g/mol. The van der Waals surface area contributed by atoms with Crippen LogP contribution in [0, 0.1) is 6.92 Å². The summed E-state index contributed by atoms with van der Waals surface area (Å²) in [5.74, 6) is -0.409. The first-order valence-electron chi connectivity index (χ1n) is 12.2. The number of fused-ring (bicyclic) bond motifs is 1. The average Bonchev–Trinajstić information content (AvgIpc) is 3.30. The number of aryl methyl sites for hydroxylation is 2. The zero-order valence-corrected chi connectivity index (χ0v) is 20.3. The van der Waals surface area contributed by atoms with Crippen LogP contribution in [0.2, 0.25) is 0 Å². The number of anilines is 1. The molecule has 0 aliphatic carbocycles. The second-order valence-corrected chi connectivity index (χ2v) is 8.83. The fourth-order valence-corrected chi connectivity index (χ4v) is 4.03. The quantitative estimate of drug-likeness (QED) is 0.240. The minimum atomic E-state index is -0.959. The van der Waals surface area contributed by atoms with Crippen LogP contribution >= 0.6 is 0 Å². The highest BCUT2D eigenvalue weighted by Gasteiger charge is 2.18. The lowest BCUT2D eigenvalue weighted by Crippen LogP contribution is -2.26. The van der Waals surface area contributed by atoms with Crippen molar-refractivity contribution in [2.45, 2.75) is 52.2 Å². The summed E-state index contributed by atoms with van der Waals surface area (Å²) in [7, 11) is 0. The number of para-hydroxylation sites is 2. The predicted octanol–water partition coefficient (Wildman–Crippen LogP) is 6.41. The number of carboxylic acid groups (broad SMARTS) is 1. The molecule has 3 aromatic carbocycles. The van der Waals surface area contributed by atoms with Crippen LogP contribution < -0.4 is 9.64 Å². The maximum atomic E-state index is 11.4. The Labute approximate surface area is 206 Å². The smallest absolute Gasteiger partial charge is 0.344 e. The molecule has 1 heterocycles. The second-order valence-electron chi connectivity index (χ2n) is 8.83. The maximum Gasteiger partial charge on any atom is 0.344 e. The number of aliphatic carboxylic acids is 1. The van der Waals surface area contributed by atoms with Crippen LogP contribution in [0.1, 0.15) is 42.9 Å². The third-order valence-corrected chi connectivity index (χ3v) is 6.01. The molecule has 1 aromatic heterocycles. The van der Waals surface area contributed by atoms with Gasteiger partial charge in [-0.05, 0) is 68.0 Å². The Morgan fingerprint density at radius 3 is 2.57 bits per heavy atom. The Hall–Kier alpha value is -3.80. The number of ether oxygens (including phenoxy) is 1. The van der Waals surface area contributed by atoms with E-state index < -0.39 is 12.1 Å². The van der Waals surface area contributed by atoms with E-state index in [1.54, 1.807) is 13.0 Å². The third kappa shape index (κ3) is 6.63. The van der Waals surface area contributed by atoms with Gasteiger partial charge in [0.2, 0.25) is 0 Å². The number of unbranched alkanes of at least 4 members (excludes halogenated alkanes) is 1. The van der Waals surface area contributed by atoms with Gasteiger partial charge in [0.1, 0.15) is 11.3 Å². The van der Waals surface area contributed by atoms with Gasteiger partial charge in [-0.3, -0.25) is 0 Å². The van der Waals surface area contributed by atoms with E-state index in [0.29, 0.717) is 24.7 Å². The number of hydrogen-bond acceptors (Lipinski definition) is 5. The van der Waals surface area contributed by atoms with E-state index in [1.165, 1.54) is 11.1 Å². The predicted molar refractivity (Wildman–Crippen MR) is 138 cm³/mol. The summed E-state index contributed by atoms with van der Waals surface area (Å²) in [5.41, 5.74) is 5.21. The number of aromatic nitrogens is 1. The number of carboxylic acids is 1. The van der Waals surface area contributed by atoms with Crippen LogP contribution in [0.15, 0.2) is 77.2 Å². The summed E-state index contributed by atoms with van der Waals surface area (Å²) in [6.07, 6.45) is 2.60. The molecule has 0 fully saturated rings. The van der Waals surface area contributed by atoms with Gasteiger partial charge in [0.25, 0.3) is 6.01 Å². The highest BCUT2D eigenvalue weighted by atomic mass is 16.5. The van der Waals surface area contributed by atoms with Crippen molar-refractivity contribution in [3.63, 3.8) is 0 Å². The van der Waals surface area contributed by atoms with Crippen LogP contribution in [0.4, 0.5) is 6.01 Å². The molecule has 182 valence electrons. The fraction of sp³-hybridized carbons (Fsp3) is 0.310. The van der Waals surface area contributed by atoms with Crippen molar-refractivity contribution in [3.8, 4) is 5.75 Å². The van der Waals surface area contributed by atoms with Gasteiger partial charge in [0.15, 0.2) is 11.7 Å². The summed E-state index contributed by atoms with van der Waals surface area (Å²) in [6, 6.07) is 24.6. The van der Waals surface area contributed by atoms with Crippen LogP contribution in [0.25, 0.3) is 11.1 Å². The largest absolute Gasteiger partial charge is 0.479 e. The topological polar surface area (TPSA) is 75.8 Å². The molecule has 4 aromatic rings. The zero-order chi connectivity index (χ0) is 24.6. The van der Waals surface area contributed by atoms with Gasteiger partial charge in [-0.2, -0.15) is 4.98 Å². The second kappa shape index (κ2) is 11.6. The molecule has 35 heavy (non-hydrogen) atoms. The Balaban J connectivity index is 1.47. The Morgan fingerprint density at radius 2 is 1.83 bits per heavy atom. The number of nitrogens with zero attached hydrogens (tertiary/aromatic N) is 2. The lowest BCUT2D eigenvalue weighted by molar-refractivity contribution is -0.145. The molecule has 0 saturated carbocycles. The number of rotatable bonds is 12. The van der Waals surface area contributed by atoms with Gasteiger partial charge in [-0.15, -0.1) is 0 Å². The number of hydrogen-bond donors (Lipinski definition) is 1. The van der Waals surface area contributed by atoms with Gasteiger partial charge < -0.3 is 19.2 Å². The molecule has 0 radical (unpaired) electrons. The van der Waals surface area contributed by atoms with Gasteiger partial charge >= 0.3 is 5.97 Å². The Kier molecular flexibility index (Phi) is 8.03. The maximum absolute atomic E-state index is 11.4. The Bertz CT molecular complexity index is 1220. The molecule has 0 saturated heterocycles. The van der Waals surface area contributed by atoms with E-state index in [2.05, 4.69) is 36.1 Å². The molecular formula is C29H32N2O4. The van der Waals surface area contributed by atoms with Crippen molar-refractivity contribution in [2.75, 3.05) is 11.4 Å². The highest BCUT2D eigenvalue weighted by Crippen LogP contribution is 2.25. The number of oxazole rings is 1. The minimum Gasteiger partial charge on any atom is -0.479 e. The lowest BCUT2D eigenvalue weighted by atomic mass is 10.1. The molecule has 1 N–H and O–H groups in total. The van der Waals surface area contributed by atoms with Gasteiger partial charge in [0, 0.05) is 13.1 Å². The Morgan fingerprint density at radius 1 is 1.03 bits per heavy atom. The zero-order valence-electron chi connectivity index (χ0n) is 20.3. The van der Waals surface area contributed by atoms with Gasteiger partial charge in [-0.25, -0.2) is 4.79 Å². The number of benzene rings is 3. The van der Waals surface area contributed by atoms with Crippen molar-refractivity contribution in [1.82, 2.24) is 4.98 Å². The molecule has 0 spiro atoms. The molecule has 0 bridgehead atoms. The molecule has 6 heteroatoms. The van der Waals surface area contributed by atoms with Crippen LogP contribution in [-0.2, 0) is 17.8 Å². The molecule has 0 aliphatic heterocycles. The summed E-state index contributed by atoms with van der Waals surface area (Å²) >= 11 is 0. The van der Waals surface area contributed by atoms with Crippen molar-refractivity contribution in [3.05, 3.63) is 89.5 Å². The van der Waals surface area contributed by atoms with Crippen LogP contribution in [0.5, 0.6) is 5.75 Å². The fourth-order valence-electron chi connectivity index (χ4n) is 4.03.